The summed E-state index contributed by atoms with van der Waals surface area (Å²) in [6.07, 6.45) is 0. The molecule has 0 bridgehead atoms. The van der Waals surface area contributed by atoms with Crippen LogP contribution in [0.4, 0.5) is 17.1 Å². The van der Waals surface area contributed by atoms with Crippen LogP contribution in [0.1, 0.15) is 0 Å². The van der Waals surface area contributed by atoms with Crippen molar-refractivity contribution in [2.45, 2.75) is 0 Å². The number of nitrogens with zero attached hydrogens (tertiary/aromatic N) is 1. The van der Waals surface area contributed by atoms with Gasteiger partial charge in [0.05, 0.1) is 0 Å². The third-order valence-electron chi connectivity index (χ3n) is 9.67. The van der Waals surface area contributed by atoms with Gasteiger partial charge in [-0.1, -0.05) is 158 Å². The Hall–Kier alpha value is -6.44. The zero-order chi connectivity index (χ0) is 32.6. The Morgan fingerprint density at radius 3 is 1.37 bits per heavy atom. The van der Waals surface area contributed by atoms with Crippen LogP contribution in [0.15, 0.2) is 200 Å². The van der Waals surface area contributed by atoms with Gasteiger partial charge in [0, 0.05) is 17.1 Å². The molecule has 0 N–H and O–H groups in total. The minimum Gasteiger partial charge on any atom is -0.311 e. The van der Waals surface area contributed by atoms with Gasteiger partial charge in [-0.2, -0.15) is 0 Å². The molecule has 0 saturated carbocycles. The van der Waals surface area contributed by atoms with E-state index in [9.17, 15) is 0 Å². The predicted molar refractivity (Wildman–Crippen MR) is 210 cm³/mol. The number of anilines is 3. The highest BCUT2D eigenvalue weighted by molar-refractivity contribution is 6.17. The Labute approximate surface area is 287 Å². The first-order chi connectivity index (χ1) is 24.3. The fourth-order valence-corrected chi connectivity index (χ4v) is 7.22. The maximum Gasteiger partial charge on any atom is 0.0462 e. The van der Waals surface area contributed by atoms with Crippen molar-refractivity contribution in [2.24, 2.45) is 0 Å². The molecule has 0 radical (unpaired) electrons. The molecule has 9 rings (SSSR count). The van der Waals surface area contributed by atoms with Crippen LogP contribution in [-0.4, -0.2) is 0 Å². The van der Waals surface area contributed by atoms with Crippen LogP contribution >= 0.6 is 0 Å². The van der Waals surface area contributed by atoms with E-state index in [1.54, 1.807) is 0 Å². The molecule has 0 unspecified atom stereocenters. The SMILES string of the molecule is c1ccc(-c2ccccc2-c2ccc(N(c3ccccc3)c3ccc(-c4ccc5ccc6c7ccccc7ccc6c5c4)cc3)cc2)cc1. The molecule has 49 heavy (non-hydrogen) atoms. The summed E-state index contributed by atoms with van der Waals surface area (Å²) >= 11 is 0. The Balaban J connectivity index is 1.08. The molecular weight excluding hydrogens is 591 g/mol. The molecule has 1 nitrogen and oxygen atoms in total. The average molecular weight is 624 g/mol. The fraction of sp³-hybridized carbons (Fsp3) is 0. The summed E-state index contributed by atoms with van der Waals surface area (Å²) in [5.41, 5.74) is 10.7. The number of hydrogen-bond acceptors (Lipinski definition) is 1. The van der Waals surface area contributed by atoms with E-state index in [2.05, 4.69) is 205 Å². The van der Waals surface area contributed by atoms with Crippen molar-refractivity contribution < 1.29 is 0 Å². The predicted octanol–water partition coefficient (Wildman–Crippen LogP) is 13.6. The smallest absolute Gasteiger partial charge is 0.0462 e. The molecule has 230 valence electrons. The molecule has 0 atom stereocenters. The molecule has 0 aliphatic heterocycles. The molecule has 0 saturated heterocycles. The van der Waals surface area contributed by atoms with Crippen LogP contribution in [0, 0.1) is 0 Å². The summed E-state index contributed by atoms with van der Waals surface area (Å²) in [4.78, 5) is 2.33. The number of hydrogen-bond donors (Lipinski definition) is 0. The number of fused-ring (bicyclic) bond motifs is 5. The molecule has 0 fully saturated rings. The van der Waals surface area contributed by atoms with Gasteiger partial charge in [0.1, 0.15) is 0 Å². The minimum absolute atomic E-state index is 1.12. The van der Waals surface area contributed by atoms with E-state index in [-0.39, 0.29) is 0 Å². The second-order valence-electron chi connectivity index (χ2n) is 12.6. The molecule has 0 heterocycles. The van der Waals surface area contributed by atoms with Crippen molar-refractivity contribution in [1.29, 1.82) is 0 Å². The van der Waals surface area contributed by atoms with Gasteiger partial charge >= 0.3 is 0 Å². The van der Waals surface area contributed by atoms with Gasteiger partial charge in [-0.15, -0.1) is 0 Å². The van der Waals surface area contributed by atoms with Gasteiger partial charge in [-0.25, -0.2) is 0 Å². The molecule has 0 spiro atoms. The molecule has 0 amide bonds. The second kappa shape index (κ2) is 12.3. The monoisotopic (exact) mass is 623 g/mol. The van der Waals surface area contributed by atoms with Crippen LogP contribution in [0.25, 0.3) is 65.7 Å². The Morgan fingerprint density at radius 1 is 0.245 bits per heavy atom. The van der Waals surface area contributed by atoms with Gasteiger partial charge in [-0.05, 0) is 108 Å². The highest BCUT2D eigenvalue weighted by Crippen LogP contribution is 2.39. The van der Waals surface area contributed by atoms with Gasteiger partial charge in [0.15, 0.2) is 0 Å². The molecule has 9 aromatic carbocycles. The number of para-hydroxylation sites is 1. The molecule has 1 heteroatoms. The summed E-state index contributed by atoms with van der Waals surface area (Å²) in [5, 5.41) is 7.70. The lowest BCUT2D eigenvalue weighted by Crippen LogP contribution is -2.09. The summed E-state index contributed by atoms with van der Waals surface area (Å²) in [6.45, 7) is 0. The summed E-state index contributed by atoms with van der Waals surface area (Å²) in [6, 6.07) is 72.3. The van der Waals surface area contributed by atoms with Crippen LogP contribution < -0.4 is 4.90 Å². The average Bonchev–Trinajstić information content (AvgIpc) is 3.19. The van der Waals surface area contributed by atoms with E-state index >= 15 is 0 Å². The lowest BCUT2D eigenvalue weighted by Gasteiger charge is -2.26. The lowest BCUT2D eigenvalue weighted by molar-refractivity contribution is 1.28. The Bertz CT molecular complexity index is 2570. The fourth-order valence-electron chi connectivity index (χ4n) is 7.22. The van der Waals surface area contributed by atoms with Crippen LogP contribution in [0.3, 0.4) is 0 Å². The first-order valence-electron chi connectivity index (χ1n) is 16.8. The van der Waals surface area contributed by atoms with Crippen molar-refractivity contribution in [3.63, 3.8) is 0 Å². The van der Waals surface area contributed by atoms with Crippen LogP contribution in [0.5, 0.6) is 0 Å². The quantitative estimate of drug-likeness (QED) is 0.167. The van der Waals surface area contributed by atoms with Crippen molar-refractivity contribution in [2.75, 3.05) is 4.90 Å². The van der Waals surface area contributed by atoms with E-state index in [0.717, 1.165) is 17.1 Å². The van der Waals surface area contributed by atoms with Crippen molar-refractivity contribution in [3.8, 4) is 33.4 Å². The van der Waals surface area contributed by atoms with E-state index in [4.69, 9.17) is 0 Å². The van der Waals surface area contributed by atoms with Gasteiger partial charge in [0.25, 0.3) is 0 Å². The molecule has 0 aromatic heterocycles. The van der Waals surface area contributed by atoms with Crippen molar-refractivity contribution in [1.82, 2.24) is 0 Å². The van der Waals surface area contributed by atoms with Crippen LogP contribution in [0.2, 0.25) is 0 Å². The zero-order valence-electron chi connectivity index (χ0n) is 27.0. The second-order valence-corrected chi connectivity index (χ2v) is 12.6. The Morgan fingerprint density at radius 2 is 0.694 bits per heavy atom. The summed E-state index contributed by atoms with van der Waals surface area (Å²) in [5.74, 6) is 0. The van der Waals surface area contributed by atoms with Gasteiger partial charge in [0.2, 0.25) is 0 Å². The molecule has 0 aliphatic rings. The third kappa shape index (κ3) is 5.32. The third-order valence-corrected chi connectivity index (χ3v) is 9.67. The van der Waals surface area contributed by atoms with E-state index < -0.39 is 0 Å². The normalized spacial score (nSPS) is 11.3. The molecule has 9 aromatic rings. The first kappa shape index (κ1) is 28.8. The van der Waals surface area contributed by atoms with E-state index in [1.807, 2.05) is 0 Å². The van der Waals surface area contributed by atoms with E-state index in [0.29, 0.717) is 0 Å². The van der Waals surface area contributed by atoms with Gasteiger partial charge < -0.3 is 4.90 Å². The van der Waals surface area contributed by atoms with Crippen molar-refractivity contribution in [3.05, 3.63) is 200 Å². The maximum atomic E-state index is 2.35. The number of benzene rings is 9. The zero-order valence-corrected chi connectivity index (χ0v) is 27.0. The number of rotatable bonds is 6. The summed E-state index contributed by atoms with van der Waals surface area (Å²) in [7, 11) is 0. The highest BCUT2D eigenvalue weighted by Gasteiger charge is 2.14. The van der Waals surface area contributed by atoms with E-state index in [1.165, 1.54) is 65.7 Å². The highest BCUT2D eigenvalue weighted by atomic mass is 15.1. The maximum absolute atomic E-state index is 2.35. The standard InChI is InChI=1S/C48H33N/c1-3-11-35(12-4-1)43-16-9-10-17-44(43)37-23-29-42(30-24-37)49(40-14-5-2-6-15-40)41-27-21-34(22-28-41)39-20-19-38-26-31-46-45-18-8-7-13-36(45)25-32-47(46)48(38)33-39/h1-33H. The summed E-state index contributed by atoms with van der Waals surface area (Å²) < 4.78 is 0. The van der Waals surface area contributed by atoms with Gasteiger partial charge in [-0.3, -0.25) is 0 Å². The topological polar surface area (TPSA) is 3.24 Å². The Kier molecular flexibility index (Phi) is 7.22. The molecule has 0 aliphatic carbocycles. The largest absolute Gasteiger partial charge is 0.311 e. The van der Waals surface area contributed by atoms with Crippen molar-refractivity contribution >= 4 is 49.4 Å². The lowest BCUT2D eigenvalue weighted by atomic mass is 9.94. The minimum atomic E-state index is 1.12. The van der Waals surface area contributed by atoms with Crippen LogP contribution in [-0.2, 0) is 0 Å². The molecular formula is C48H33N. The first-order valence-corrected chi connectivity index (χ1v) is 16.8.